The Morgan fingerprint density at radius 2 is 1.78 bits per heavy atom. The van der Waals surface area contributed by atoms with Crippen LogP contribution >= 0.6 is 11.3 Å². The Hall–Kier alpha value is -1.66. The average Bonchev–Trinajstić information content (AvgIpc) is 2.85. The molecular formula is C12H15N3O2S. The second-order valence-corrected chi connectivity index (χ2v) is 4.73. The number of nitrogens with one attached hydrogen (secondary N) is 1. The van der Waals surface area contributed by atoms with Crippen molar-refractivity contribution in [2.24, 2.45) is 0 Å². The lowest BCUT2D eigenvalue weighted by molar-refractivity contribution is 0.304. The Morgan fingerprint density at radius 3 is 2.44 bits per heavy atom. The van der Waals surface area contributed by atoms with Gasteiger partial charge < -0.3 is 14.8 Å². The first kappa shape index (κ1) is 12.8. The lowest BCUT2D eigenvalue weighted by atomic mass is 10.3. The highest BCUT2D eigenvalue weighted by atomic mass is 32.1. The highest BCUT2D eigenvalue weighted by Crippen LogP contribution is 2.19. The molecule has 0 unspecified atom stereocenters. The zero-order valence-electron chi connectivity index (χ0n) is 10.3. The monoisotopic (exact) mass is 265 g/mol. The summed E-state index contributed by atoms with van der Waals surface area (Å²) < 4.78 is 10.7. The molecule has 0 aliphatic heterocycles. The van der Waals surface area contributed by atoms with Gasteiger partial charge in [-0.05, 0) is 31.3 Å². The molecule has 1 heterocycles. The second-order valence-electron chi connectivity index (χ2n) is 3.58. The summed E-state index contributed by atoms with van der Waals surface area (Å²) in [5, 5.41) is 13.0. The van der Waals surface area contributed by atoms with Crippen LogP contribution in [0.15, 0.2) is 24.3 Å². The molecule has 0 spiro atoms. The zero-order valence-corrected chi connectivity index (χ0v) is 11.2. The molecule has 0 radical (unpaired) electrons. The Bertz CT molecular complexity index is 484. The van der Waals surface area contributed by atoms with Crippen molar-refractivity contribution in [2.75, 3.05) is 14.2 Å². The second kappa shape index (κ2) is 6.32. The van der Waals surface area contributed by atoms with Crippen LogP contribution in [0.2, 0.25) is 0 Å². The molecule has 0 aliphatic rings. The van der Waals surface area contributed by atoms with E-state index in [2.05, 4.69) is 15.5 Å². The summed E-state index contributed by atoms with van der Waals surface area (Å²) >= 11 is 1.55. The van der Waals surface area contributed by atoms with Crippen LogP contribution in [0.4, 0.5) is 0 Å². The van der Waals surface area contributed by atoms with Gasteiger partial charge in [-0.15, -0.1) is 10.2 Å². The number of benzene rings is 1. The fourth-order valence-electron chi connectivity index (χ4n) is 1.39. The fraction of sp³-hybridized carbons (Fsp3) is 0.333. The predicted octanol–water partition coefficient (Wildman–Crippen LogP) is 1.85. The normalized spacial score (nSPS) is 10.3. The predicted molar refractivity (Wildman–Crippen MR) is 70.0 cm³/mol. The van der Waals surface area contributed by atoms with Crippen LogP contribution in [0.1, 0.15) is 10.0 Å². The van der Waals surface area contributed by atoms with Crippen LogP contribution in [0.5, 0.6) is 11.5 Å². The van der Waals surface area contributed by atoms with Crippen LogP contribution in [0.25, 0.3) is 0 Å². The van der Waals surface area contributed by atoms with Gasteiger partial charge in [-0.1, -0.05) is 11.3 Å². The summed E-state index contributed by atoms with van der Waals surface area (Å²) in [5.74, 6) is 1.61. The summed E-state index contributed by atoms with van der Waals surface area (Å²) in [6.45, 7) is 1.17. The number of rotatable bonds is 6. The molecule has 0 fully saturated rings. The van der Waals surface area contributed by atoms with Gasteiger partial charge in [-0.2, -0.15) is 0 Å². The van der Waals surface area contributed by atoms with E-state index in [9.17, 15) is 0 Å². The number of hydrogen-bond donors (Lipinski definition) is 1. The molecule has 2 aromatic rings. The van der Waals surface area contributed by atoms with Gasteiger partial charge in [0.05, 0.1) is 7.11 Å². The lowest BCUT2D eigenvalue weighted by Gasteiger charge is -2.04. The molecule has 5 nitrogen and oxygen atoms in total. The van der Waals surface area contributed by atoms with Gasteiger partial charge in [-0.3, -0.25) is 0 Å². The Kier molecular flexibility index (Phi) is 4.49. The van der Waals surface area contributed by atoms with Crippen molar-refractivity contribution < 1.29 is 9.47 Å². The Balaban J connectivity index is 1.89. The maximum atomic E-state index is 5.61. The molecule has 0 saturated heterocycles. The van der Waals surface area contributed by atoms with Crippen molar-refractivity contribution in [3.05, 3.63) is 34.3 Å². The van der Waals surface area contributed by atoms with Crippen molar-refractivity contribution in [3.63, 3.8) is 0 Å². The van der Waals surface area contributed by atoms with Gasteiger partial charge >= 0.3 is 0 Å². The number of ether oxygens (including phenoxy) is 2. The zero-order chi connectivity index (χ0) is 12.8. The van der Waals surface area contributed by atoms with E-state index in [1.54, 1.807) is 18.4 Å². The third-order valence-corrected chi connectivity index (χ3v) is 3.16. The minimum absolute atomic E-state index is 0.438. The van der Waals surface area contributed by atoms with Crippen molar-refractivity contribution in [3.8, 4) is 11.5 Å². The van der Waals surface area contributed by atoms with E-state index < -0.39 is 0 Å². The van der Waals surface area contributed by atoms with Crippen LogP contribution < -0.4 is 14.8 Å². The van der Waals surface area contributed by atoms with Gasteiger partial charge in [0.25, 0.3) is 0 Å². The van der Waals surface area contributed by atoms with Crippen molar-refractivity contribution in [1.29, 1.82) is 0 Å². The first-order valence-corrected chi connectivity index (χ1v) is 6.36. The molecule has 0 bridgehead atoms. The first-order valence-electron chi connectivity index (χ1n) is 5.54. The quantitative estimate of drug-likeness (QED) is 0.863. The van der Waals surface area contributed by atoms with E-state index in [4.69, 9.17) is 9.47 Å². The van der Waals surface area contributed by atoms with E-state index in [1.165, 1.54) is 0 Å². The first-order chi connectivity index (χ1) is 8.81. The molecule has 96 valence electrons. The minimum atomic E-state index is 0.438. The number of methoxy groups -OCH3 is 1. The fourth-order valence-corrected chi connectivity index (χ4v) is 2.16. The van der Waals surface area contributed by atoms with Gasteiger partial charge in [0.2, 0.25) is 0 Å². The van der Waals surface area contributed by atoms with E-state index in [0.29, 0.717) is 6.61 Å². The SMILES string of the molecule is CNCc1nnc(COc2ccc(OC)cc2)s1. The summed E-state index contributed by atoms with van der Waals surface area (Å²) in [6.07, 6.45) is 0. The van der Waals surface area contributed by atoms with Crippen LogP contribution in [-0.4, -0.2) is 24.4 Å². The molecule has 1 aromatic heterocycles. The topological polar surface area (TPSA) is 56.3 Å². The van der Waals surface area contributed by atoms with Crippen LogP contribution in [-0.2, 0) is 13.2 Å². The third-order valence-electron chi connectivity index (χ3n) is 2.26. The van der Waals surface area contributed by atoms with Gasteiger partial charge in [0.1, 0.15) is 23.1 Å². The van der Waals surface area contributed by atoms with E-state index >= 15 is 0 Å². The standard InChI is InChI=1S/C12H15N3O2S/c1-13-7-11-14-15-12(18-11)8-17-10-5-3-9(16-2)4-6-10/h3-6,13H,7-8H2,1-2H3. The molecule has 2 rings (SSSR count). The van der Waals surface area contributed by atoms with Crippen molar-refractivity contribution >= 4 is 11.3 Å². The number of nitrogens with zero attached hydrogens (tertiary/aromatic N) is 2. The smallest absolute Gasteiger partial charge is 0.155 e. The maximum Gasteiger partial charge on any atom is 0.155 e. The minimum Gasteiger partial charge on any atom is -0.497 e. The maximum absolute atomic E-state index is 5.61. The van der Waals surface area contributed by atoms with E-state index in [-0.39, 0.29) is 0 Å². The largest absolute Gasteiger partial charge is 0.497 e. The van der Waals surface area contributed by atoms with E-state index in [1.807, 2.05) is 31.3 Å². The molecule has 0 saturated carbocycles. The molecule has 1 aromatic carbocycles. The average molecular weight is 265 g/mol. The summed E-state index contributed by atoms with van der Waals surface area (Å²) in [6, 6.07) is 7.46. The third kappa shape index (κ3) is 3.41. The Labute approximate surface area is 110 Å². The number of hydrogen-bond acceptors (Lipinski definition) is 6. The Morgan fingerprint density at radius 1 is 1.11 bits per heavy atom. The molecule has 18 heavy (non-hydrogen) atoms. The molecule has 0 amide bonds. The number of aromatic nitrogens is 2. The van der Waals surface area contributed by atoms with Crippen molar-refractivity contribution in [1.82, 2.24) is 15.5 Å². The molecule has 1 N–H and O–H groups in total. The van der Waals surface area contributed by atoms with E-state index in [0.717, 1.165) is 28.1 Å². The van der Waals surface area contributed by atoms with Gasteiger partial charge in [0, 0.05) is 6.54 Å². The lowest BCUT2D eigenvalue weighted by Crippen LogP contribution is -2.04. The van der Waals surface area contributed by atoms with Gasteiger partial charge in [0.15, 0.2) is 5.01 Å². The summed E-state index contributed by atoms with van der Waals surface area (Å²) in [4.78, 5) is 0. The molecule has 0 atom stereocenters. The van der Waals surface area contributed by atoms with Crippen LogP contribution in [0.3, 0.4) is 0 Å². The van der Waals surface area contributed by atoms with Gasteiger partial charge in [-0.25, -0.2) is 0 Å². The summed E-state index contributed by atoms with van der Waals surface area (Å²) in [5.41, 5.74) is 0. The van der Waals surface area contributed by atoms with Crippen molar-refractivity contribution in [2.45, 2.75) is 13.2 Å². The molecule has 0 aliphatic carbocycles. The molecule has 6 heteroatoms. The highest BCUT2D eigenvalue weighted by Gasteiger charge is 2.04. The summed E-state index contributed by atoms with van der Waals surface area (Å²) in [7, 11) is 3.52. The van der Waals surface area contributed by atoms with Crippen LogP contribution in [0, 0.1) is 0 Å². The molecular weight excluding hydrogens is 250 g/mol. The highest BCUT2D eigenvalue weighted by molar-refractivity contribution is 7.11.